The van der Waals surface area contributed by atoms with Crippen LogP contribution in [-0.4, -0.2) is 54.8 Å². The Kier molecular flexibility index (Phi) is 7.59. The highest BCUT2D eigenvalue weighted by Gasteiger charge is 2.24. The molecule has 2 fully saturated rings. The van der Waals surface area contributed by atoms with Crippen molar-refractivity contribution in [3.05, 3.63) is 58.1 Å². The number of nitrogens with zero attached hydrogens (tertiary/aromatic N) is 3. The summed E-state index contributed by atoms with van der Waals surface area (Å²) in [5, 5.41) is 17.4. The van der Waals surface area contributed by atoms with Crippen LogP contribution in [0.2, 0.25) is 0 Å². The number of amides is 1. The molecule has 2 aromatic rings. The molecule has 0 aromatic heterocycles. The summed E-state index contributed by atoms with van der Waals surface area (Å²) in [6.45, 7) is 5.45. The maximum atomic E-state index is 12.7. The van der Waals surface area contributed by atoms with Gasteiger partial charge in [0.1, 0.15) is 5.69 Å². The molecular weight excluding hydrogens is 454 g/mol. The number of carbonyl (C=O) groups excluding carboxylic acids is 1. The summed E-state index contributed by atoms with van der Waals surface area (Å²) in [7, 11) is 0. The van der Waals surface area contributed by atoms with E-state index in [1.807, 2.05) is 29.2 Å². The molecule has 2 N–H and O–H groups in total. The number of morpholine rings is 1. The summed E-state index contributed by atoms with van der Waals surface area (Å²) >= 11 is 5.29. The van der Waals surface area contributed by atoms with E-state index in [9.17, 15) is 14.9 Å². The van der Waals surface area contributed by atoms with Crippen molar-refractivity contribution in [2.24, 2.45) is 0 Å². The average Bonchev–Trinajstić information content (AvgIpc) is 2.85. The molecule has 2 heterocycles. The highest BCUT2D eigenvalue weighted by Crippen LogP contribution is 2.30. The van der Waals surface area contributed by atoms with Gasteiger partial charge in [-0.2, -0.15) is 0 Å². The van der Waals surface area contributed by atoms with Crippen LogP contribution in [0, 0.1) is 10.1 Å². The van der Waals surface area contributed by atoms with Crippen molar-refractivity contribution in [1.82, 2.24) is 5.32 Å². The second-order valence-corrected chi connectivity index (χ2v) is 8.96. The first-order chi connectivity index (χ1) is 16.4. The molecule has 0 unspecified atom stereocenters. The third-order valence-corrected chi connectivity index (χ3v) is 6.48. The van der Waals surface area contributed by atoms with Crippen molar-refractivity contribution >= 4 is 46.0 Å². The van der Waals surface area contributed by atoms with E-state index in [0.29, 0.717) is 38.0 Å². The number of ether oxygens (including phenoxy) is 1. The maximum absolute atomic E-state index is 12.7. The number of nitrogens with one attached hydrogen (secondary N) is 2. The monoisotopic (exact) mass is 483 g/mol. The third-order valence-electron chi connectivity index (χ3n) is 6.27. The molecule has 1 amide bonds. The summed E-state index contributed by atoms with van der Waals surface area (Å²) in [4.78, 5) is 28.2. The fourth-order valence-electron chi connectivity index (χ4n) is 4.44. The zero-order valence-electron chi connectivity index (χ0n) is 19.2. The lowest BCUT2D eigenvalue weighted by Crippen LogP contribution is -2.37. The summed E-state index contributed by atoms with van der Waals surface area (Å²) in [6, 6.07) is 12.9. The van der Waals surface area contributed by atoms with Gasteiger partial charge in [0, 0.05) is 48.7 Å². The summed E-state index contributed by atoms with van der Waals surface area (Å²) in [5.74, 6) is -0.507. The lowest BCUT2D eigenvalue weighted by Gasteiger charge is -2.35. The number of rotatable bonds is 5. The minimum absolute atomic E-state index is 0.115. The highest BCUT2D eigenvalue weighted by atomic mass is 32.1. The van der Waals surface area contributed by atoms with Crippen LogP contribution in [0.3, 0.4) is 0 Å². The van der Waals surface area contributed by atoms with Gasteiger partial charge in [0.15, 0.2) is 5.11 Å². The van der Waals surface area contributed by atoms with Crippen LogP contribution in [0.1, 0.15) is 36.5 Å². The predicted molar refractivity (Wildman–Crippen MR) is 137 cm³/mol. The Hall–Kier alpha value is -3.24. The maximum Gasteiger partial charge on any atom is 0.293 e. The smallest absolute Gasteiger partial charge is 0.293 e. The van der Waals surface area contributed by atoms with Crippen LogP contribution < -0.4 is 20.4 Å². The Morgan fingerprint density at radius 1 is 1.12 bits per heavy atom. The van der Waals surface area contributed by atoms with E-state index in [1.165, 1.54) is 31.0 Å². The first kappa shape index (κ1) is 23.9. The Balaban J connectivity index is 1.39. The average molecular weight is 484 g/mol. The van der Waals surface area contributed by atoms with Crippen LogP contribution in [0.15, 0.2) is 42.5 Å². The molecule has 2 aliphatic heterocycles. The van der Waals surface area contributed by atoms with Crippen LogP contribution in [0.5, 0.6) is 0 Å². The quantitative estimate of drug-likeness (QED) is 0.375. The molecule has 0 saturated carbocycles. The largest absolute Gasteiger partial charge is 0.378 e. The van der Waals surface area contributed by atoms with E-state index in [0.717, 1.165) is 12.2 Å². The van der Waals surface area contributed by atoms with Gasteiger partial charge < -0.3 is 19.9 Å². The zero-order valence-corrected chi connectivity index (χ0v) is 20.0. The van der Waals surface area contributed by atoms with Gasteiger partial charge in [-0.15, -0.1) is 0 Å². The van der Waals surface area contributed by atoms with Gasteiger partial charge in [0.05, 0.1) is 18.1 Å². The van der Waals surface area contributed by atoms with Gasteiger partial charge in [0.2, 0.25) is 0 Å². The van der Waals surface area contributed by atoms with Gasteiger partial charge in [-0.3, -0.25) is 20.2 Å². The van der Waals surface area contributed by atoms with E-state index in [4.69, 9.17) is 17.0 Å². The van der Waals surface area contributed by atoms with Gasteiger partial charge in [-0.05, 0) is 74.8 Å². The van der Waals surface area contributed by atoms with Crippen LogP contribution in [0.4, 0.5) is 22.7 Å². The number of carbonyl (C=O) groups is 1. The number of nitro benzene ring substituents is 1. The molecule has 2 saturated heterocycles. The minimum Gasteiger partial charge on any atom is -0.378 e. The molecule has 0 radical (unpaired) electrons. The van der Waals surface area contributed by atoms with E-state index >= 15 is 0 Å². The molecule has 0 bridgehead atoms. The van der Waals surface area contributed by atoms with Crippen molar-refractivity contribution in [2.75, 3.05) is 48.0 Å². The highest BCUT2D eigenvalue weighted by molar-refractivity contribution is 7.80. The predicted octanol–water partition coefficient (Wildman–Crippen LogP) is 3.94. The number of anilines is 3. The molecule has 34 heavy (non-hydrogen) atoms. The fraction of sp³-hybridized carbons (Fsp3) is 0.417. The molecule has 4 rings (SSSR count). The molecule has 9 nitrogen and oxygen atoms in total. The second-order valence-electron chi connectivity index (χ2n) is 8.55. The van der Waals surface area contributed by atoms with Gasteiger partial charge >= 0.3 is 0 Å². The number of hydrogen-bond acceptors (Lipinski definition) is 7. The minimum atomic E-state index is -0.507. The Labute approximate surface area is 204 Å². The van der Waals surface area contributed by atoms with Crippen LogP contribution in [0.25, 0.3) is 0 Å². The van der Waals surface area contributed by atoms with Crippen LogP contribution >= 0.6 is 12.2 Å². The number of piperidine rings is 1. The summed E-state index contributed by atoms with van der Waals surface area (Å²) < 4.78 is 5.32. The summed E-state index contributed by atoms with van der Waals surface area (Å²) in [5.41, 5.74) is 2.46. The van der Waals surface area contributed by atoms with E-state index < -0.39 is 10.8 Å². The molecule has 0 spiro atoms. The van der Waals surface area contributed by atoms with E-state index in [-0.39, 0.29) is 16.4 Å². The van der Waals surface area contributed by atoms with Gasteiger partial charge in [-0.1, -0.05) is 0 Å². The lowest BCUT2D eigenvalue weighted by molar-refractivity contribution is -0.384. The molecule has 1 atom stereocenters. The SMILES string of the molecule is C[C@H]1CCCCN1c1ccc(NC(=S)NC(=O)c2ccc(N3CCOCC3)c([N+](=O)[O-])c2)cc1. The first-order valence-corrected chi connectivity index (χ1v) is 11.9. The Bertz CT molecular complexity index is 1060. The lowest BCUT2D eigenvalue weighted by atomic mass is 10.0. The molecule has 10 heteroatoms. The molecule has 180 valence electrons. The number of thiocarbonyl (C=S) groups is 1. The topological polar surface area (TPSA) is 100.0 Å². The zero-order chi connectivity index (χ0) is 24.1. The molecule has 0 aliphatic carbocycles. The van der Waals surface area contributed by atoms with Crippen LogP contribution in [-0.2, 0) is 4.74 Å². The third kappa shape index (κ3) is 5.63. The first-order valence-electron chi connectivity index (χ1n) is 11.5. The van der Waals surface area contributed by atoms with Crippen molar-refractivity contribution in [2.45, 2.75) is 32.2 Å². The fourth-order valence-corrected chi connectivity index (χ4v) is 4.65. The molecule has 2 aliphatic rings. The van der Waals surface area contributed by atoms with E-state index in [2.05, 4.69) is 22.5 Å². The molecular formula is C24H29N5O4S. The Morgan fingerprint density at radius 3 is 2.53 bits per heavy atom. The standard InChI is InChI=1S/C24H29N5O4S/c1-17-4-2-3-11-28(17)20-8-6-19(7-9-20)25-24(34)26-23(30)18-5-10-21(22(16-18)29(31)32)27-12-14-33-15-13-27/h5-10,16-17H,2-4,11-15H2,1H3,(H2,25,26,30,34)/t17-/m0/s1. The summed E-state index contributed by atoms with van der Waals surface area (Å²) in [6.07, 6.45) is 3.66. The second kappa shape index (κ2) is 10.8. The molecule has 2 aromatic carbocycles. The normalized spacial score (nSPS) is 18.3. The van der Waals surface area contributed by atoms with Crippen molar-refractivity contribution < 1.29 is 14.5 Å². The number of nitro groups is 1. The van der Waals surface area contributed by atoms with Gasteiger partial charge in [-0.25, -0.2) is 0 Å². The number of benzene rings is 2. The van der Waals surface area contributed by atoms with Crippen molar-refractivity contribution in [3.63, 3.8) is 0 Å². The van der Waals surface area contributed by atoms with E-state index in [1.54, 1.807) is 12.1 Å². The van der Waals surface area contributed by atoms with Crippen molar-refractivity contribution in [3.8, 4) is 0 Å². The van der Waals surface area contributed by atoms with Gasteiger partial charge in [0.25, 0.3) is 11.6 Å². The Morgan fingerprint density at radius 2 is 1.85 bits per heavy atom. The van der Waals surface area contributed by atoms with Crippen molar-refractivity contribution in [1.29, 1.82) is 0 Å². The number of hydrogen-bond donors (Lipinski definition) is 2.